The molecule has 1 aliphatic carbocycles. The summed E-state index contributed by atoms with van der Waals surface area (Å²) in [7, 11) is 2.08. The third-order valence-corrected chi connectivity index (χ3v) is 4.76. The molecule has 0 heterocycles. The highest BCUT2D eigenvalue weighted by atomic mass is 79.9. The highest BCUT2D eigenvalue weighted by Crippen LogP contribution is 2.17. The van der Waals surface area contributed by atoms with Gasteiger partial charge in [0.05, 0.1) is 7.05 Å². The lowest BCUT2D eigenvalue weighted by Crippen LogP contribution is -3.12. The summed E-state index contributed by atoms with van der Waals surface area (Å²) in [6, 6.07) is 8.70. The molecule has 0 radical (unpaired) electrons. The van der Waals surface area contributed by atoms with E-state index < -0.39 is 0 Å². The van der Waals surface area contributed by atoms with Gasteiger partial charge >= 0.3 is 0 Å². The number of benzene rings is 1. The van der Waals surface area contributed by atoms with Crippen molar-refractivity contribution in [3.05, 3.63) is 34.3 Å². The van der Waals surface area contributed by atoms with E-state index in [4.69, 9.17) is 0 Å². The number of carbonyl (C=O) groups excluding carboxylic acids is 1. The summed E-state index contributed by atoms with van der Waals surface area (Å²) in [5.74, 6) is 0.187. The van der Waals surface area contributed by atoms with Crippen molar-refractivity contribution >= 4 is 21.8 Å². The van der Waals surface area contributed by atoms with Crippen LogP contribution in [-0.4, -0.2) is 25.0 Å². The minimum atomic E-state index is -0.0146. The number of quaternary nitrogens is 1. The van der Waals surface area contributed by atoms with Crippen LogP contribution in [0, 0.1) is 0 Å². The predicted molar refractivity (Wildman–Crippen MR) is 84.6 cm³/mol. The molecule has 2 atom stereocenters. The second-order valence-corrected chi connectivity index (χ2v) is 6.78. The summed E-state index contributed by atoms with van der Waals surface area (Å²) in [4.78, 5) is 13.5. The van der Waals surface area contributed by atoms with Crippen LogP contribution in [-0.2, 0) is 11.3 Å². The van der Waals surface area contributed by atoms with Crippen molar-refractivity contribution in [1.82, 2.24) is 5.32 Å². The van der Waals surface area contributed by atoms with Gasteiger partial charge in [0, 0.05) is 16.1 Å². The fourth-order valence-electron chi connectivity index (χ4n) is 2.70. The molecule has 2 rings (SSSR count). The van der Waals surface area contributed by atoms with Crippen LogP contribution in [0.2, 0.25) is 0 Å². The van der Waals surface area contributed by atoms with Gasteiger partial charge in [-0.05, 0) is 31.9 Å². The van der Waals surface area contributed by atoms with Crippen LogP contribution in [0.3, 0.4) is 0 Å². The Kier molecular flexibility index (Phi) is 5.61. The predicted octanol–water partition coefficient (Wildman–Crippen LogP) is 1.91. The summed E-state index contributed by atoms with van der Waals surface area (Å²) in [6.45, 7) is 2.88. The fraction of sp³-hybridized carbons (Fsp3) is 0.562. The Hall–Kier alpha value is -0.870. The van der Waals surface area contributed by atoms with Crippen molar-refractivity contribution in [3.63, 3.8) is 0 Å². The minimum Gasteiger partial charge on any atom is -0.348 e. The highest BCUT2D eigenvalue weighted by Gasteiger charge is 2.25. The molecule has 1 fully saturated rings. The molecule has 20 heavy (non-hydrogen) atoms. The molecule has 1 saturated carbocycles. The summed E-state index contributed by atoms with van der Waals surface area (Å²) >= 11 is 3.44. The standard InChI is InChI=1S/C16H23BrN2O/c1-12(16(20)18-15-5-3-4-6-15)19(2)11-13-7-9-14(17)10-8-13/h7-10,12,15H,3-6,11H2,1-2H3,(H,18,20)/p+1/t12-/m1/s1. The monoisotopic (exact) mass is 339 g/mol. The van der Waals surface area contributed by atoms with Gasteiger partial charge in [-0.25, -0.2) is 0 Å². The fourth-order valence-corrected chi connectivity index (χ4v) is 2.96. The number of hydrogen-bond acceptors (Lipinski definition) is 1. The van der Waals surface area contributed by atoms with Crippen molar-refractivity contribution in [2.24, 2.45) is 0 Å². The number of halogens is 1. The van der Waals surface area contributed by atoms with Gasteiger partial charge in [0.1, 0.15) is 6.54 Å². The summed E-state index contributed by atoms with van der Waals surface area (Å²) in [5, 5.41) is 3.19. The average molecular weight is 340 g/mol. The normalized spacial score (nSPS) is 18.8. The van der Waals surface area contributed by atoms with Crippen LogP contribution in [0.5, 0.6) is 0 Å². The molecule has 0 aliphatic heterocycles. The van der Waals surface area contributed by atoms with Crippen LogP contribution < -0.4 is 10.2 Å². The zero-order chi connectivity index (χ0) is 14.5. The van der Waals surface area contributed by atoms with Gasteiger partial charge in [0.2, 0.25) is 0 Å². The number of nitrogens with one attached hydrogen (secondary N) is 2. The molecule has 1 aromatic carbocycles. The molecule has 1 aliphatic rings. The van der Waals surface area contributed by atoms with Gasteiger partial charge in [0.25, 0.3) is 5.91 Å². The lowest BCUT2D eigenvalue weighted by atomic mass is 10.1. The first-order valence-electron chi connectivity index (χ1n) is 7.43. The average Bonchev–Trinajstić information content (AvgIpc) is 2.93. The Bertz CT molecular complexity index is 440. The van der Waals surface area contributed by atoms with Crippen molar-refractivity contribution in [1.29, 1.82) is 0 Å². The smallest absolute Gasteiger partial charge is 0.278 e. The molecule has 0 saturated heterocycles. The van der Waals surface area contributed by atoms with Crippen LogP contribution in [0.4, 0.5) is 0 Å². The SMILES string of the molecule is C[C@H](C(=O)NC1CCCC1)[NH+](C)Cc1ccc(Br)cc1. The van der Waals surface area contributed by atoms with Gasteiger partial charge in [-0.15, -0.1) is 0 Å². The minimum absolute atomic E-state index is 0.0146. The van der Waals surface area contributed by atoms with Crippen LogP contribution in [0.1, 0.15) is 38.2 Å². The number of amides is 1. The number of rotatable bonds is 5. The summed E-state index contributed by atoms with van der Waals surface area (Å²) in [5.41, 5.74) is 1.26. The molecule has 2 N–H and O–H groups in total. The van der Waals surface area contributed by atoms with Crippen LogP contribution >= 0.6 is 15.9 Å². The molecule has 110 valence electrons. The van der Waals surface area contributed by atoms with E-state index in [-0.39, 0.29) is 11.9 Å². The van der Waals surface area contributed by atoms with Crippen molar-refractivity contribution in [3.8, 4) is 0 Å². The van der Waals surface area contributed by atoms with E-state index in [0.717, 1.165) is 23.9 Å². The van der Waals surface area contributed by atoms with Gasteiger partial charge in [0.15, 0.2) is 6.04 Å². The molecule has 1 unspecified atom stereocenters. The quantitative estimate of drug-likeness (QED) is 0.844. The maximum atomic E-state index is 12.2. The van der Waals surface area contributed by atoms with Gasteiger partial charge in [-0.1, -0.05) is 40.9 Å². The Labute approximate surface area is 129 Å². The van der Waals surface area contributed by atoms with Crippen LogP contribution in [0.15, 0.2) is 28.7 Å². The molecule has 3 nitrogen and oxygen atoms in total. The first-order chi connectivity index (χ1) is 9.56. The second kappa shape index (κ2) is 7.23. The van der Waals surface area contributed by atoms with Crippen molar-refractivity contribution < 1.29 is 9.69 Å². The topological polar surface area (TPSA) is 33.5 Å². The van der Waals surface area contributed by atoms with Crippen molar-refractivity contribution in [2.75, 3.05) is 7.05 Å². The van der Waals surface area contributed by atoms with E-state index in [9.17, 15) is 4.79 Å². The Morgan fingerprint density at radius 2 is 1.95 bits per heavy atom. The third kappa shape index (κ3) is 4.32. The Morgan fingerprint density at radius 3 is 2.55 bits per heavy atom. The molecule has 1 amide bonds. The molecule has 4 heteroatoms. The highest BCUT2D eigenvalue weighted by molar-refractivity contribution is 9.10. The van der Waals surface area contributed by atoms with Gasteiger partial charge in [-0.2, -0.15) is 0 Å². The molecule has 0 aromatic heterocycles. The summed E-state index contributed by atoms with van der Waals surface area (Å²) < 4.78 is 1.09. The zero-order valence-electron chi connectivity index (χ0n) is 12.3. The lowest BCUT2D eigenvalue weighted by molar-refractivity contribution is -0.908. The zero-order valence-corrected chi connectivity index (χ0v) is 13.9. The van der Waals surface area contributed by atoms with E-state index in [1.165, 1.54) is 23.3 Å². The van der Waals surface area contributed by atoms with E-state index in [0.29, 0.717) is 6.04 Å². The van der Waals surface area contributed by atoms with E-state index in [1.54, 1.807) is 0 Å². The molecule has 1 aromatic rings. The van der Waals surface area contributed by atoms with E-state index in [2.05, 4.69) is 40.4 Å². The number of hydrogen-bond donors (Lipinski definition) is 2. The van der Waals surface area contributed by atoms with Gasteiger partial charge in [-0.3, -0.25) is 4.79 Å². The lowest BCUT2D eigenvalue weighted by Gasteiger charge is -2.23. The first kappa shape index (κ1) is 15.5. The molecular formula is C16H24BrN2O+. The molecule has 0 spiro atoms. The largest absolute Gasteiger partial charge is 0.348 e. The molecule has 0 bridgehead atoms. The Morgan fingerprint density at radius 1 is 1.35 bits per heavy atom. The van der Waals surface area contributed by atoms with Crippen LogP contribution in [0.25, 0.3) is 0 Å². The number of carbonyl (C=O) groups is 1. The van der Waals surface area contributed by atoms with E-state index in [1.807, 2.05) is 19.1 Å². The van der Waals surface area contributed by atoms with Crippen molar-refractivity contribution in [2.45, 2.75) is 51.2 Å². The second-order valence-electron chi connectivity index (χ2n) is 5.86. The number of likely N-dealkylation sites (N-methyl/N-ethyl adjacent to an activating group) is 1. The first-order valence-corrected chi connectivity index (χ1v) is 8.22. The maximum Gasteiger partial charge on any atom is 0.278 e. The van der Waals surface area contributed by atoms with E-state index >= 15 is 0 Å². The molecular weight excluding hydrogens is 316 g/mol. The third-order valence-electron chi connectivity index (χ3n) is 4.23. The Balaban J connectivity index is 1.85. The summed E-state index contributed by atoms with van der Waals surface area (Å²) in [6.07, 6.45) is 4.79. The maximum absolute atomic E-state index is 12.2. The van der Waals surface area contributed by atoms with Gasteiger partial charge < -0.3 is 10.2 Å².